The first kappa shape index (κ1) is 15.9. The van der Waals surface area contributed by atoms with Crippen molar-refractivity contribution in [1.29, 1.82) is 0 Å². The van der Waals surface area contributed by atoms with Crippen LogP contribution in [0.25, 0.3) is 0 Å². The van der Waals surface area contributed by atoms with Gasteiger partial charge in [-0.1, -0.05) is 49.8 Å². The molecule has 0 spiro atoms. The molecule has 0 aromatic rings. The van der Waals surface area contributed by atoms with E-state index in [9.17, 15) is 0 Å². The Bertz CT molecular complexity index is 175. The molecule has 15 heavy (non-hydrogen) atoms. The Balaban J connectivity index is 3.99. The lowest BCUT2D eigenvalue weighted by Crippen LogP contribution is -2.43. The van der Waals surface area contributed by atoms with Crippen LogP contribution < -0.4 is 0 Å². The summed E-state index contributed by atoms with van der Waals surface area (Å²) >= 11 is 2.44. The van der Waals surface area contributed by atoms with E-state index in [0.717, 1.165) is 0 Å². The highest BCUT2D eigenvalue weighted by Gasteiger charge is 2.38. The predicted octanol–water partition coefficient (Wildman–Crippen LogP) is 5.00. The lowest BCUT2D eigenvalue weighted by molar-refractivity contribution is 0.186. The molecule has 1 atom stereocenters. The maximum absolute atomic E-state index is 6.29. The Kier molecular flexibility index (Phi) is 6.99. The van der Waals surface area contributed by atoms with Crippen molar-refractivity contribution in [2.45, 2.75) is 71.2 Å². The van der Waals surface area contributed by atoms with Gasteiger partial charge in [0, 0.05) is 6.10 Å². The summed E-state index contributed by atoms with van der Waals surface area (Å²) in [5.74, 6) is 0. The summed E-state index contributed by atoms with van der Waals surface area (Å²) in [4.78, 5) is 0. The van der Waals surface area contributed by atoms with E-state index in [1.54, 1.807) is 0 Å². The molecule has 0 aliphatic carbocycles. The second-order valence-corrected chi connectivity index (χ2v) is 11.7. The molecule has 0 fully saturated rings. The number of rotatable bonds is 6. The molecule has 0 saturated heterocycles. The molecule has 0 aliphatic heterocycles. The molecule has 0 radical (unpaired) electrons. The van der Waals surface area contributed by atoms with Gasteiger partial charge in [-0.15, -0.1) is 0 Å². The molecule has 92 valence electrons. The van der Waals surface area contributed by atoms with E-state index in [4.69, 9.17) is 4.43 Å². The van der Waals surface area contributed by atoms with Gasteiger partial charge in [-0.3, -0.25) is 0 Å². The Labute approximate surface area is 111 Å². The Morgan fingerprint density at radius 2 is 1.73 bits per heavy atom. The van der Waals surface area contributed by atoms with Crippen LogP contribution in [-0.4, -0.2) is 18.8 Å². The van der Waals surface area contributed by atoms with Gasteiger partial charge in [0.25, 0.3) is 0 Å². The molecule has 1 nitrogen and oxygen atoms in total. The van der Waals surface area contributed by atoms with Crippen LogP contribution in [0.2, 0.25) is 18.1 Å². The minimum Gasteiger partial charge on any atom is -0.414 e. The van der Waals surface area contributed by atoms with Crippen LogP contribution in [0, 0.1) is 0 Å². The topological polar surface area (TPSA) is 9.23 Å². The highest BCUT2D eigenvalue weighted by atomic mass is 127. The number of hydrogen-bond acceptors (Lipinski definition) is 1. The quantitative estimate of drug-likeness (QED) is 0.286. The van der Waals surface area contributed by atoms with Gasteiger partial charge in [0.1, 0.15) is 0 Å². The fourth-order valence-electron chi connectivity index (χ4n) is 1.26. The van der Waals surface area contributed by atoms with Crippen LogP contribution in [-0.2, 0) is 4.43 Å². The molecule has 0 aromatic heterocycles. The lowest BCUT2D eigenvalue weighted by atomic mass is 10.2. The molecule has 0 N–H and O–H groups in total. The second-order valence-electron chi connectivity index (χ2n) is 5.87. The van der Waals surface area contributed by atoms with Gasteiger partial charge in [0.15, 0.2) is 8.32 Å². The van der Waals surface area contributed by atoms with Crippen molar-refractivity contribution in [1.82, 2.24) is 0 Å². The molecule has 3 heteroatoms. The van der Waals surface area contributed by atoms with Crippen LogP contribution in [0.4, 0.5) is 0 Å². The summed E-state index contributed by atoms with van der Waals surface area (Å²) in [5, 5.41) is 0.338. The minimum atomic E-state index is -1.53. The van der Waals surface area contributed by atoms with Crippen LogP contribution in [0.1, 0.15) is 47.0 Å². The molecule has 0 aromatic carbocycles. The molecule has 0 amide bonds. The summed E-state index contributed by atoms with van der Waals surface area (Å²) in [6.45, 7) is 13.8. The van der Waals surface area contributed by atoms with Crippen molar-refractivity contribution >= 4 is 30.9 Å². The number of hydrogen-bond donors (Lipinski definition) is 0. The Morgan fingerprint density at radius 3 is 2.13 bits per heavy atom. The molecule has 0 heterocycles. The minimum absolute atomic E-state index is 0.338. The second kappa shape index (κ2) is 6.60. The van der Waals surface area contributed by atoms with E-state index in [0.29, 0.717) is 11.1 Å². The summed E-state index contributed by atoms with van der Waals surface area (Å²) in [6, 6.07) is 0. The zero-order valence-corrected chi connectivity index (χ0v) is 14.3. The van der Waals surface area contributed by atoms with E-state index in [2.05, 4.69) is 63.4 Å². The normalized spacial score (nSPS) is 15.4. The summed E-state index contributed by atoms with van der Waals surface area (Å²) < 4.78 is 7.55. The number of halogens is 1. The zero-order chi connectivity index (χ0) is 12.1. The molecular weight excluding hydrogens is 315 g/mol. The molecule has 0 rings (SSSR count). The van der Waals surface area contributed by atoms with Crippen molar-refractivity contribution < 1.29 is 4.43 Å². The van der Waals surface area contributed by atoms with Crippen LogP contribution in [0.15, 0.2) is 0 Å². The van der Waals surface area contributed by atoms with E-state index < -0.39 is 8.32 Å². The molecule has 0 aliphatic rings. The summed E-state index contributed by atoms with van der Waals surface area (Å²) in [5.41, 5.74) is 0. The van der Waals surface area contributed by atoms with Gasteiger partial charge in [-0.05, 0) is 42.3 Å². The third kappa shape index (κ3) is 6.27. The van der Waals surface area contributed by atoms with Gasteiger partial charge < -0.3 is 4.43 Å². The fourth-order valence-corrected chi connectivity index (χ4v) is 3.28. The highest BCUT2D eigenvalue weighted by Crippen LogP contribution is 2.37. The first-order valence-corrected chi connectivity index (χ1v) is 10.4. The van der Waals surface area contributed by atoms with Crippen LogP contribution in [0.5, 0.6) is 0 Å². The van der Waals surface area contributed by atoms with Gasteiger partial charge in [-0.25, -0.2) is 0 Å². The third-order valence-corrected chi connectivity index (χ3v) is 8.66. The maximum Gasteiger partial charge on any atom is 0.192 e. The van der Waals surface area contributed by atoms with Crippen molar-refractivity contribution in [3.05, 3.63) is 0 Å². The van der Waals surface area contributed by atoms with Crippen molar-refractivity contribution in [2.24, 2.45) is 0 Å². The molecule has 0 saturated carbocycles. The van der Waals surface area contributed by atoms with Gasteiger partial charge in [0.05, 0.1) is 0 Å². The van der Waals surface area contributed by atoms with Gasteiger partial charge in [0.2, 0.25) is 0 Å². The average Bonchev–Trinajstić information content (AvgIpc) is 2.01. The molecular formula is C12H27IOSi. The first-order valence-electron chi connectivity index (χ1n) is 5.94. The predicted molar refractivity (Wildman–Crippen MR) is 80.5 cm³/mol. The molecule has 0 bridgehead atoms. The molecule has 0 unspecified atom stereocenters. The standard InChI is InChI=1S/C12H27IOSi/c1-11(9-7-8-10-13)14-15(5,6)12(2,3)4/h11H,7-10H2,1-6H3/t11-/m0/s1. The largest absolute Gasteiger partial charge is 0.414 e. The average molecular weight is 342 g/mol. The van der Waals surface area contributed by atoms with E-state index in [1.807, 2.05) is 0 Å². The van der Waals surface area contributed by atoms with Gasteiger partial charge in [-0.2, -0.15) is 0 Å². The summed E-state index contributed by atoms with van der Waals surface area (Å²) in [6.07, 6.45) is 4.29. The monoisotopic (exact) mass is 342 g/mol. The maximum atomic E-state index is 6.29. The number of unbranched alkanes of at least 4 members (excludes halogenated alkanes) is 1. The van der Waals surface area contributed by atoms with Crippen LogP contribution >= 0.6 is 22.6 Å². The van der Waals surface area contributed by atoms with Crippen molar-refractivity contribution in [3.63, 3.8) is 0 Å². The van der Waals surface area contributed by atoms with Crippen molar-refractivity contribution in [2.75, 3.05) is 4.43 Å². The van der Waals surface area contributed by atoms with E-state index in [-0.39, 0.29) is 0 Å². The van der Waals surface area contributed by atoms with E-state index in [1.165, 1.54) is 23.7 Å². The summed E-state index contributed by atoms with van der Waals surface area (Å²) in [7, 11) is -1.53. The fraction of sp³-hybridized carbons (Fsp3) is 1.00. The van der Waals surface area contributed by atoms with Crippen LogP contribution in [0.3, 0.4) is 0 Å². The van der Waals surface area contributed by atoms with Crippen molar-refractivity contribution in [3.8, 4) is 0 Å². The lowest BCUT2D eigenvalue weighted by Gasteiger charge is -2.38. The SMILES string of the molecule is C[C@@H](CCCCI)O[Si](C)(C)C(C)(C)C. The Hall–Kier alpha value is 0.907. The number of alkyl halides is 1. The van der Waals surface area contributed by atoms with E-state index >= 15 is 0 Å². The first-order chi connectivity index (χ1) is 6.70. The smallest absolute Gasteiger partial charge is 0.192 e. The van der Waals surface area contributed by atoms with Gasteiger partial charge >= 0.3 is 0 Å². The Morgan fingerprint density at radius 1 is 1.20 bits per heavy atom. The zero-order valence-electron chi connectivity index (χ0n) is 11.2. The third-order valence-electron chi connectivity index (χ3n) is 3.30. The highest BCUT2D eigenvalue weighted by molar-refractivity contribution is 14.1.